The summed E-state index contributed by atoms with van der Waals surface area (Å²) in [6.07, 6.45) is 2.26. The van der Waals surface area contributed by atoms with Crippen LogP contribution >= 0.6 is 11.8 Å². The smallest absolute Gasteiger partial charge is 0.335 e. The minimum absolute atomic E-state index is 0.147. The summed E-state index contributed by atoms with van der Waals surface area (Å²) in [5.74, 6) is -0.265. The number of furan rings is 1. The van der Waals surface area contributed by atoms with Gasteiger partial charge < -0.3 is 9.52 Å². The number of carbonyl (C=O) groups is 3. The summed E-state index contributed by atoms with van der Waals surface area (Å²) in [5, 5.41) is 8.79. The Morgan fingerprint density at radius 2 is 2.04 bits per heavy atom. The molecular weight excluding hydrogens is 366 g/mol. The molecule has 1 N–H and O–H groups in total. The minimum Gasteiger partial charge on any atom is -0.478 e. The Morgan fingerprint density at radius 1 is 1.30 bits per heavy atom. The number of carboxylic acid groups (broad SMARTS) is 1. The third kappa shape index (κ3) is 3.68. The van der Waals surface area contributed by atoms with Gasteiger partial charge in [0.25, 0.3) is 11.1 Å². The summed E-state index contributed by atoms with van der Waals surface area (Å²) in [6, 6.07) is 8.12. The lowest BCUT2D eigenvalue weighted by Gasteiger charge is -2.19. The number of nitrogens with zero attached hydrogens (tertiary/aromatic N) is 1. The highest BCUT2D eigenvalue weighted by Gasteiger charge is 2.37. The van der Waals surface area contributed by atoms with Crippen LogP contribution in [0.4, 0.5) is 4.79 Å². The van der Waals surface area contributed by atoms with Crippen molar-refractivity contribution in [3.05, 3.63) is 52.1 Å². The van der Waals surface area contributed by atoms with Crippen LogP contribution in [0, 0.1) is 6.92 Å². The number of rotatable bonds is 5. The molecule has 6 nitrogen and oxygen atoms in total. The molecule has 1 aliphatic rings. The lowest BCUT2D eigenvalue weighted by atomic mass is 10.0. The molecule has 0 unspecified atom stereocenters. The van der Waals surface area contributed by atoms with Crippen molar-refractivity contribution in [2.24, 2.45) is 0 Å². The fourth-order valence-corrected chi connectivity index (χ4v) is 3.73. The van der Waals surface area contributed by atoms with Gasteiger partial charge in [0, 0.05) is 17.7 Å². The number of imide groups is 1. The molecular formula is C20H19NO5S. The number of aryl methyl sites for hydroxylation is 1. The number of carboxylic acids is 1. The summed E-state index contributed by atoms with van der Waals surface area (Å²) in [5.41, 5.74) is 1.75. The fraction of sp³-hybridized carbons (Fsp3) is 0.250. The highest BCUT2D eigenvalue weighted by atomic mass is 32.2. The maximum atomic E-state index is 12.5. The monoisotopic (exact) mass is 385 g/mol. The molecule has 1 saturated heterocycles. The third-order valence-corrected chi connectivity index (χ3v) is 5.38. The molecule has 0 bridgehead atoms. The van der Waals surface area contributed by atoms with Crippen molar-refractivity contribution >= 4 is 35.0 Å². The SMILES string of the molecule is CC[C@@H](C)N1C(=O)S/C(=C/c2ccc(-c3ccc(C(=O)O)cc3C)o2)C1=O. The Kier molecular flexibility index (Phi) is 5.23. The van der Waals surface area contributed by atoms with E-state index in [-0.39, 0.29) is 22.8 Å². The van der Waals surface area contributed by atoms with Crippen LogP contribution in [0.25, 0.3) is 17.4 Å². The molecule has 0 spiro atoms. The Morgan fingerprint density at radius 3 is 2.67 bits per heavy atom. The van der Waals surface area contributed by atoms with Crippen LogP contribution < -0.4 is 0 Å². The molecule has 1 aliphatic heterocycles. The van der Waals surface area contributed by atoms with Gasteiger partial charge in [-0.1, -0.05) is 13.0 Å². The van der Waals surface area contributed by atoms with Crippen molar-refractivity contribution in [1.29, 1.82) is 0 Å². The molecule has 2 amide bonds. The van der Waals surface area contributed by atoms with E-state index in [2.05, 4.69) is 0 Å². The number of carbonyl (C=O) groups excluding carboxylic acids is 2. The van der Waals surface area contributed by atoms with Gasteiger partial charge in [0.1, 0.15) is 11.5 Å². The molecule has 1 aromatic heterocycles. The van der Waals surface area contributed by atoms with Crippen molar-refractivity contribution in [2.45, 2.75) is 33.2 Å². The molecule has 140 valence electrons. The van der Waals surface area contributed by atoms with Crippen molar-refractivity contribution in [3.8, 4) is 11.3 Å². The summed E-state index contributed by atoms with van der Waals surface area (Å²) in [7, 11) is 0. The van der Waals surface area contributed by atoms with E-state index in [1.165, 1.54) is 11.0 Å². The molecule has 2 heterocycles. The number of amides is 2. The van der Waals surface area contributed by atoms with Crippen molar-refractivity contribution in [2.75, 3.05) is 0 Å². The maximum absolute atomic E-state index is 12.5. The zero-order valence-electron chi connectivity index (χ0n) is 15.2. The van der Waals surface area contributed by atoms with Gasteiger partial charge in [0.05, 0.1) is 10.5 Å². The fourth-order valence-electron chi connectivity index (χ4n) is 2.82. The topological polar surface area (TPSA) is 87.8 Å². The van der Waals surface area contributed by atoms with Crippen LogP contribution in [-0.2, 0) is 4.79 Å². The largest absolute Gasteiger partial charge is 0.478 e. The average Bonchev–Trinajstić information content (AvgIpc) is 3.19. The van der Waals surface area contributed by atoms with Crippen molar-refractivity contribution in [3.63, 3.8) is 0 Å². The number of hydrogen-bond donors (Lipinski definition) is 1. The molecule has 3 rings (SSSR count). The van der Waals surface area contributed by atoms with Crippen molar-refractivity contribution < 1.29 is 23.9 Å². The molecule has 0 aliphatic carbocycles. The first-order chi connectivity index (χ1) is 12.8. The van der Waals surface area contributed by atoms with E-state index < -0.39 is 5.97 Å². The van der Waals surface area contributed by atoms with Crippen LogP contribution in [0.15, 0.2) is 39.7 Å². The molecule has 27 heavy (non-hydrogen) atoms. The van der Waals surface area contributed by atoms with Gasteiger partial charge in [-0.15, -0.1) is 0 Å². The Labute approximate surface area is 160 Å². The van der Waals surface area contributed by atoms with Gasteiger partial charge in [-0.3, -0.25) is 14.5 Å². The van der Waals surface area contributed by atoms with E-state index in [0.717, 1.165) is 22.9 Å². The molecule has 1 atom stereocenters. The first-order valence-electron chi connectivity index (χ1n) is 8.53. The van der Waals surface area contributed by atoms with E-state index in [1.807, 2.05) is 20.8 Å². The van der Waals surface area contributed by atoms with Crippen LogP contribution in [0.2, 0.25) is 0 Å². The van der Waals surface area contributed by atoms with E-state index in [9.17, 15) is 14.4 Å². The second-order valence-electron chi connectivity index (χ2n) is 6.35. The zero-order chi connectivity index (χ0) is 19.7. The second-order valence-corrected chi connectivity index (χ2v) is 7.34. The standard InChI is InChI=1S/C20H19NO5S/c1-4-12(3)21-18(22)17(27-20(21)25)10-14-6-8-16(26-14)15-7-5-13(19(23)24)9-11(15)2/h5-10,12H,4H2,1-3H3,(H,23,24)/b17-10+/t12-/m1/s1. The average molecular weight is 385 g/mol. The predicted octanol–water partition coefficient (Wildman–Crippen LogP) is 4.79. The predicted molar refractivity (Wildman–Crippen MR) is 103 cm³/mol. The summed E-state index contributed by atoms with van der Waals surface area (Å²) >= 11 is 0.907. The Balaban J connectivity index is 1.87. The van der Waals surface area contributed by atoms with E-state index >= 15 is 0 Å². The summed E-state index contributed by atoms with van der Waals surface area (Å²) < 4.78 is 5.80. The summed E-state index contributed by atoms with van der Waals surface area (Å²) in [4.78, 5) is 37.2. The van der Waals surface area contributed by atoms with Crippen LogP contribution in [0.5, 0.6) is 0 Å². The number of aromatic carboxylic acids is 1. The van der Waals surface area contributed by atoms with Gasteiger partial charge >= 0.3 is 5.97 Å². The second kappa shape index (κ2) is 7.44. The highest BCUT2D eigenvalue weighted by molar-refractivity contribution is 8.18. The maximum Gasteiger partial charge on any atom is 0.335 e. The lowest BCUT2D eigenvalue weighted by Crippen LogP contribution is -2.36. The Bertz CT molecular complexity index is 959. The van der Waals surface area contributed by atoms with Gasteiger partial charge in [-0.25, -0.2) is 4.79 Å². The van der Waals surface area contributed by atoms with E-state index in [0.29, 0.717) is 22.8 Å². The highest BCUT2D eigenvalue weighted by Crippen LogP contribution is 2.35. The molecule has 2 aromatic rings. The number of hydrogen-bond acceptors (Lipinski definition) is 5. The van der Waals surface area contributed by atoms with Crippen LogP contribution in [-0.4, -0.2) is 33.2 Å². The Hall–Kier alpha value is -2.80. The third-order valence-electron chi connectivity index (χ3n) is 4.49. The normalized spacial score (nSPS) is 17.0. The first-order valence-corrected chi connectivity index (χ1v) is 9.34. The molecule has 1 fully saturated rings. The van der Waals surface area contributed by atoms with Crippen LogP contribution in [0.1, 0.15) is 41.9 Å². The number of benzene rings is 1. The first kappa shape index (κ1) is 19.0. The molecule has 7 heteroatoms. The quantitative estimate of drug-likeness (QED) is 0.745. The van der Waals surface area contributed by atoms with Crippen molar-refractivity contribution in [1.82, 2.24) is 4.90 Å². The summed E-state index contributed by atoms with van der Waals surface area (Å²) in [6.45, 7) is 5.57. The van der Waals surface area contributed by atoms with Gasteiger partial charge in [0.2, 0.25) is 0 Å². The van der Waals surface area contributed by atoms with Gasteiger partial charge in [-0.2, -0.15) is 0 Å². The zero-order valence-corrected chi connectivity index (χ0v) is 16.0. The molecule has 0 saturated carbocycles. The van der Waals surface area contributed by atoms with Gasteiger partial charge in [0.15, 0.2) is 0 Å². The minimum atomic E-state index is -0.984. The van der Waals surface area contributed by atoms with E-state index in [4.69, 9.17) is 9.52 Å². The molecule has 0 radical (unpaired) electrons. The van der Waals surface area contributed by atoms with E-state index in [1.54, 1.807) is 30.3 Å². The molecule has 1 aromatic carbocycles. The van der Waals surface area contributed by atoms with Crippen LogP contribution in [0.3, 0.4) is 0 Å². The number of thioether (sulfide) groups is 1. The van der Waals surface area contributed by atoms with Gasteiger partial charge in [-0.05, 0) is 61.9 Å². The lowest BCUT2D eigenvalue weighted by molar-refractivity contribution is -0.124.